The summed E-state index contributed by atoms with van der Waals surface area (Å²) < 4.78 is 10.2. The van der Waals surface area contributed by atoms with E-state index in [0.29, 0.717) is 29.0 Å². The molecule has 3 aromatic rings. The molecule has 0 saturated heterocycles. The smallest absolute Gasteiger partial charge is 0.338 e. The number of amides is 1. The summed E-state index contributed by atoms with van der Waals surface area (Å²) in [6.07, 6.45) is 1.18. The van der Waals surface area contributed by atoms with Crippen LogP contribution in [0.4, 0.5) is 5.69 Å². The van der Waals surface area contributed by atoms with Crippen molar-refractivity contribution in [2.45, 2.75) is 26.7 Å². The lowest BCUT2D eigenvalue weighted by Gasteiger charge is -2.08. The minimum atomic E-state index is -0.603. The zero-order chi connectivity index (χ0) is 24.5. The Hall–Kier alpha value is -4.26. The number of benzene rings is 3. The molecule has 34 heavy (non-hydrogen) atoms. The molecule has 7 heteroatoms. The van der Waals surface area contributed by atoms with Crippen LogP contribution in [0.3, 0.4) is 0 Å². The molecule has 174 valence electrons. The molecule has 0 bridgehead atoms. The summed E-state index contributed by atoms with van der Waals surface area (Å²) >= 11 is 0. The van der Waals surface area contributed by atoms with Crippen LogP contribution in [-0.2, 0) is 14.3 Å². The molecule has 0 spiro atoms. The summed E-state index contributed by atoms with van der Waals surface area (Å²) in [5.41, 5.74) is 3.07. The summed E-state index contributed by atoms with van der Waals surface area (Å²) in [5.74, 6) is -0.961. The van der Waals surface area contributed by atoms with Gasteiger partial charge in [-0.25, -0.2) is 4.79 Å². The first-order chi connectivity index (χ1) is 16.4. The van der Waals surface area contributed by atoms with E-state index in [2.05, 4.69) is 5.32 Å². The Bertz CT molecular complexity index is 1170. The van der Waals surface area contributed by atoms with Gasteiger partial charge in [-0.3, -0.25) is 14.4 Å². The lowest BCUT2D eigenvalue weighted by molar-refractivity contribution is -0.131. The summed E-state index contributed by atoms with van der Waals surface area (Å²) in [7, 11) is 0. The molecule has 1 amide bonds. The van der Waals surface area contributed by atoms with Crippen molar-refractivity contribution in [1.29, 1.82) is 0 Å². The van der Waals surface area contributed by atoms with Crippen LogP contribution in [0.5, 0.6) is 5.75 Å². The maximum atomic E-state index is 12.4. The second kappa shape index (κ2) is 11.6. The Labute approximate surface area is 197 Å². The number of hydrogen-bond donors (Lipinski definition) is 1. The molecule has 0 aromatic heterocycles. The minimum Gasteiger partial charge on any atom is -0.454 e. The highest BCUT2D eigenvalue weighted by molar-refractivity contribution is 6.00. The maximum absolute atomic E-state index is 12.4. The highest BCUT2D eigenvalue weighted by Crippen LogP contribution is 2.23. The number of ketones is 1. The van der Waals surface area contributed by atoms with Crippen LogP contribution in [0, 0.1) is 0 Å². The van der Waals surface area contributed by atoms with Crippen molar-refractivity contribution in [3.8, 4) is 16.9 Å². The largest absolute Gasteiger partial charge is 0.454 e. The number of nitrogens with one attached hydrogen (secondary N) is 1. The zero-order valence-corrected chi connectivity index (χ0v) is 19.0. The first-order valence-corrected chi connectivity index (χ1v) is 10.8. The van der Waals surface area contributed by atoms with E-state index in [-0.39, 0.29) is 24.3 Å². The SMILES string of the molecule is CCCC(=O)Nc1ccc(C(=O)COC(=O)c2ccc(-c3ccc(OC(C)=O)cc3)cc2)cc1. The van der Waals surface area contributed by atoms with Crippen LogP contribution >= 0.6 is 0 Å². The molecular formula is C27H25NO6. The van der Waals surface area contributed by atoms with Gasteiger partial charge in [0.2, 0.25) is 5.91 Å². The average molecular weight is 459 g/mol. The Morgan fingerprint density at radius 1 is 0.765 bits per heavy atom. The molecule has 3 aromatic carbocycles. The van der Waals surface area contributed by atoms with Gasteiger partial charge in [0.25, 0.3) is 0 Å². The summed E-state index contributed by atoms with van der Waals surface area (Å²) in [4.78, 5) is 47.4. The third-order valence-electron chi connectivity index (χ3n) is 4.87. The van der Waals surface area contributed by atoms with Crippen LogP contribution in [0.15, 0.2) is 72.8 Å². The first kappa shape index (κ1) is 24.4. The van der Waals surface area contributed by atoms with Gasteiger partial charge in [-0.05, 0) is 66.1 Å². The maximum Gasteiger partial charge on any atom is 0.338 e. The molecule has 0 aliphatic heterocycles. The van der Waals surface area contributed by atoms with Crippen molar-refractivity contribution in [1.82, 2.24) is 0 Å². The number of rotatable bonds is 9. The molecule has 0 aliphatic rings. The molecular weight excluding hydrogens is 434 g/mol. The normalized spacial score (nSPS) is 10.3. The Morgan fingerprint density at radius 2 is 1.32 bits per heavy atom. The van der Waals surface area contributed by atoms with Crippen molar-refractivity contribution in [3.63, 3.8) is 0 Å². The van der Waals surface area contributed by atoms with Crippen molar-refractivity contribution < 1.29 is 28.7 Å². The molecule has 0 radical (unpaired) electrons. The van der Waals surface area contributed by atoms with Crippen molar-refractivity contribution in [2.24, 2.45) is 0 Å². The van der Waals surface area contributed by atoms with Crippen molar-refractivity contribution >= 4 is 29.3 Å². The number of carbonyl (C=O) groups is 4. The number of ether oxygens (including phenoxy) is 2. The van der Waals surface area contributed by atoms with E-state index in [1.807, 2.05) is 19.1 Å². The van der Waals surface area contributed by atoms with Crippen LogP contribution in [0.25, 0.3) is 11.1 Å². The zero-order valence-electron chi connectivity index (χ0n) is 19.0. The van der Waals surface area contributed by atoms with Gasteiger partial charge in [0.1, 0.15) is 5.75 Å². The van der Waals surface area contributed by atoms with Crippen LogP contribution in [0.2, 0.25) is 0 Å². The van der Waals surface area contributed by atoms with Crippen LogP contribution in [0.1, 0.15) is 47.4 Å². The van der Waals surface area contributed by atoms with Gasteiger partial charge in [0.15, 0.2) is 12.4 Å². The molecule has 0 aliphatic carbocycles. The molecule has 0 unspecified atom stereocenters. The number of anilines is 1. The molecule has 0 fully saturated rings. The van der Waals surface area contributed by atoms with Gasteiger partial charge in [-0.2, -0.15) is 0 Å². The molecule has 0 heterocycles. The molecule has 7 nitrogen and oxygen atoms in total. The Kier molecular flexibility index (Phi) is 8.29. The predicted molar refractivity (Wildman–Crippen MR) is 128 cm³/mol. The van der Waals surface area contributed by atoms with E-state index >= 15 is 0 Å². The third-order valence-corrected chi connectivity index (χ3v) is 4.87. The van der Waals surface area contributed by atoms with Crippen molar-refractivity contribution in [3.05, 3.63) is 83.9 Å². The Balaban J connectivity index is 1.54. The van der Waals surface area contributed by atoms with Crippen LogP contribution in [-0.4, -0.2) is 30.2 Å². The van der Waals surface area contributed by atoms with Gasteiger partial charge in [-0.15, -0.1) is 0 Å². The van der Waals surface area contributed by atoms with E-state index in [9.17, 15) is 19.2 Å². The first-order valence-electron chi connectivity index (χ1n) is 10.8. The van der Waals surface area contributed by atoms with Gasteiger partial charge in [-0.1, -0.05) is 31.2 Å². The van der Waals surface area contributed by atoms with Crippen LogP contribution < -0.4 is 10.1 Å². The topological polar surface area (TPSA) is 98.8 Å². The second-order valence-corrected chi connectivity index (χ2v) is 7.57. The highest BCUT2D eigenvalue weighted by Gasteiger charge is 2.13. The summed E-state index contributed by atoms with van der Waals surface area (Å²) in [6, 6.07) is 20.2. The lowest BCUT2D eigenvalue weighted by Crippen LogP contribution is -2.14. The minimum absolute atomic E-state index is 0.0828. The van der Waals surface area contributed by atoms with E-state index in [1.165, 1.54) is 6.92 Å². The van der Waals surface area contributed by atoms with E-state index in [0.717, 1.165) is 17.5 Å². The van der Waals surface area contributed by atoms with E-state index in [4.69, 9.17) is 9.47 Å². The Morgan fingerprint density at radius 3 is 1.88 bits per heavy atom. The average Bonchev–Trinajstić information content (AvgIpc) is 2.83. The number of carbonyl (C=O) groups excluding carboxylic acids is 4. The molecule has 0 saturated carbocycles. The fourth-order valence-electron chi connectivity index (χ4n) is 3.17. The van der Waals surface area contributed by atoms with Crippen molar-refractivity contribution in [2.75, 3.05) is 11.9 Å². The van der Waals surface area contributed by atoms with Gasteiger partial charge in [0.05, 0.1) is 5.56 Å². The quantitative estimate of drug-likeness (QED) is 0.273. The highest BCUT2D eigenvalue weighted by atomic mass is 16.5. The summed E-state index contributed by atoms with van der Waals surface area (Å²) in [6.45, 7) is 2.87. The predicted octanol–water partition coefficient (Wildman–Crippen LogP) is 5.06. The van der Waals surface area contributed by atoms with Gasteiger partial charge < -0.3 is 14.8 Å². The lowest BCUT2D eigenvalue weighted by atomic mass is 10.0. The number of esters is 2. The fraction of sp³-hybridized carbons (Fsp3) is 0.185. The number of hydrogen-bond acceptors (Lipinski definition) is 6. The fourth-order valence-corrected chi connectivity index (χ4v) is 3.17. The summed E-state index contributed by atoms with van der Waals surface area (Å²) in [5, 5.41) is 2.75. The van der Waals surface area contributed by atoms with E-state index < -0.39 is 5.97 Å². The van der Waals surface area contributed by atoms with E-state index in [1.54, 1.807) is 60.7 Å². The molecule has 3 rings (SSSR count). The standard InChI is InChI=1S/C27H25NO6/c1-3-4-26(31)28-23-13-9-21(10-14-23)25(30)17-33-27(32)22-7-5-19(6-8-22)20-11-15-24(16-12-20)34-18(2)29/h5-16H,3-4,17H2,1-2H3,(H,28,31). The molecule has 0 atom stereocenters. The number of Topliss-reactive ketones (excluding diaryl/α,β-unsaturated/α-hetero) is 1. The second-order valence-electron chi connectivity index (χ2n) is 7.57. The monoisotopic (exact) mass is 459 g/mol. The third kappa shape index (κ3) is 6.87. The van der Waals surface area contributed by atoms with Gasteiger partial charge in [0, 0.05) is 24.6 Å². The molecule has 1 N–H and O–H groups in total. The van der Waals surface area contributed by atoms with Gasteiger partial charge >= 0.3 is 11.9 Å².